The van der Waals surface area contributed by atoms with Crippen molar-refractivity contribution in [3.05, 3.63) is 33.8 Å². The highest BCUT2D eigenvalue weighted by Crippen LogP contribution is 2.24. The smallest absolute Gasteiger partial charge is 0.144 e. The molecule has 1 aromatic rings. The third-order valence-electron chi connectivity index (χ3n) is 3.43. The van der Waals surface area contributed by atoms with E-state index in [-0.39, 0.29) is 5.56 Å². The molecule has 1 saturated heterocycles. The largest absolute Gasteiger partial charge is 0.316 e. The number of rotatable bonds is 3. The summed E-state index contributed by atoms with van der Waals surface area (Å²) in [7, 11) is 1.93. The summed E-state index contributed by atoms with van der Waals surface area (Å²) in [5.74, 6) is -0.955. The number of piperidine rings is 1. The van der Waals surface area contributed by atoms with Gasteiger partial charge in [0.1, 0.15) is 11.6 Å². The first-order valence-corrected chi connectivity index (χ1v) is 6.93. The zero-order valence-corrected chi connectivity index (χ0v) is 11.9. The van der Waals surface area contributed by atoms with Crippen LogP contribution in [0.4, 0.5) is 8.78 Å². The van der Waals surface area contributed by atoms with Gasteiger partial charge in [-0.15, -0.1) is 0 Å². The maximum Gasteiger partial charge on any atom is 0.144 e. The molecule has 1 N–H and O–H groups in total. The van der Waals surface area contributed by atoms with Crippen LogP contribution >= 0.6 is 15.9 Å². The summed E-state index contributed by atoms with van der Waals surface area (Å²) in [6, 6.07) is 3.12. The molecule has 2 rings (SSSR count). The van der Waals surface area contributed by atoms with Crippen LogP contribution in [0.15, 0.2) is 16.6 Å². The average Bonchev–Trinajstić information content (AvgIpc) is 2.39. The molecule has 1 heterocycles. The highest BCUT2D eigenvalue weighted by atomic mass is 79.9. The van der Waals surface area contributed by atoms with E-state index in [1.165, 1.54) is 12.1 Å². The van der Waals surface area contributed by atoms with E-state index >= 15 is 0 Å². The molecule has 1 unspecified atom stereocenters. The number of benzene rings is 1. The number of nitrogens with one attached hydrogen (secondary N) is 1. The third kappa shape index (κ3) is 3.08. The maximum atomic E-state index is 13.9. The van der Waals surface area contributed by atoms with E-state index in [0.717, 1.165) is 25.9 Å². The first-order valence-electron chi connectivity index (χ1n) is 6.14. The van der Waals surface area contributed by atoms with Gasteiger partial charge in [-0.05, 0) is 54.5 Å². The van der Waals surface area contributed by atoms with Crippen LogP contribution in [0.5, 0.6) is 0 Å². The Morgan fingerprint density at radius 2 is 2.22 bits per heavy atom. The molecule has 0 saturated carbocycles. The summed E-state index contributed by atoms with van der Waals surface area (Å²) >= 11 is 3.10. The second kappa shape index (κ2) is 6.08. The van der Waals surface area contributed by atoms with E-state index in [1.807, 2.05) is 7.05 Å². The Morgan fingerprint density at radius 1 is 1.44 bits per heavy atom. The first kappa shape index (κ1) is 13.9. The van der Waals surface area contributed by atoms with E-state index in [0.29, 0.717) is 17.1 Å². The van der Waals surface area contributed by atoms with Crippen LogP contribution in [0, 0.1) is 11.6 Å². The van der Waals surface area contributed by atoms with Gasteiger partial charge in [-0.1, -0.05) is 0 Å². The topological polar surface area (TPSA) is 15.3 Å². The maximum absolute atomic E-state index is 13.9. The van der Waals surface area contributed by atoms with Gasteiger partial charge in [-0.2, -0.15) is 0 Å². The molecule has 100 valence electrons. The molecule has 1 atom stereocenters. The highest BCUT2D eigenvalue weighted by molar-refractivity contribution is 9.10. The van der Waals surface area contributed by atoms with Crippen LogP contribution in [0.25, 0.3) is 0 Å². The lowest BCUT2D eigenvalue weighted by Crippen LogP contribution is -2.44. The lowest BCUT2D eigenvalue weighted by Gasteiger charge is -2.32. The van der Waals surface area contributed by atoms with Crippen LogP contribution in [-0.4, -0.2) is 31.1 Å². The number of likely N-dealkylation sites (tertiary alicyclic amines) is 1. The van der Waals surface area contributed by atoms with E-state index in [9.17, 15) is 8.78 Å². The quantitative estimate of drug-likeness (QED) is 0.862. The summed E-state index contributed by atoms with van der Waals surface area (Å²) in [4.78, 5) is 2.10. The van der Waals surface area contributed by atoms with Gasteiger partial charge in [0.25, 0.3) is 0 Å². The van der Waals surface area contributed by atoms with Gasteiger partial charge in [0, 0.05) is 24.7 Å². The first-order chi connectivity index (χ1) is 8.61. The molecular weight excluding hydrogens is 302 g/mol. The van der Waals surface area contributed by atoms with E-state index in [1.54, 1.807) is 0 Å². The molecule has 0 amide bonds. The number of hydrogen-bond acceptors (Lipinski definition) is 2. The summed E-state index contributed by atoms with van der Waals surface area (Å²) in [6.45, 7) is 2.06. The lowest BCUT2D eigenvalue weighted by molar-refractivity contribution is 0.183. The molecule has 1 aliphatic rings. The monoisotopic (exact) mass is 318 g/mol. The Hall–Kier alpha value is -0.520. The van der Waals surface area contributed by atoms with Gasteiger partial charge >= 0.3 is 0 Å². The van der Waals surface area contributed by atoms with Crippen LogP contribution < -0.4 is 5.32 Å². The molecule has 0 spiro atoms. The fourth-order valence-electron chi connectivity index (χ4n) is 2.37. The Balaban J connectivity index is 2.11. The Kier molecular flexibility index (Phi) is 4.70. The number of nitrogens with zero attached hydrogens (tertiary/aromatic N) is 1. The van der Waals surface area contributed by atoms with Crippen molar-refractivity contribution in [1.29, 1.82) is 0 Å². The van der Waals surface area contributed by atoms with Crippen molar-refractivity contribution in [2.24, 2.45) is 0 Å². The second-order valence-corrected chi connectivity index (χ2v) is 5.54. The van der Waals surface area contributed by atoms with E-state index in [2.05, 4.69) is 26.1 Å². The normalized spacial score (nSPS) is 21.2. The number of likely N-dealkylation sites (N-methyl/N-ethyl adjacent to an activating group) is 1. The van der Waals surface area contributed by atoms with Crippen molar-refractivity contribution in [3.63, 3.8) is 0 Å². The van der Waals surface area contributed by atoms with Gasteiger partial charge in [-0.3, -0.25) is 4.90 Å². The highest BCUT2D eigenvalue weighted by Gasteiger charge is 2.21. The molecule has 0 bridgehead atoms. The molecule has 0 radical (unpaired) electrons. The summed E-state index contributed by atoms with van der Waals surface area (Å²) in [5, 5.41) is 3.22. The molecule has 1 aliphatic heterocycles. The summed E-state index contributed by atoms with van der Waals surface area (Å²) in [5.41, 5.74) is 0.154. The standard InChI is InChI=1S/C13H17BrF2N2/c1-17-9-3-2-6-18(7-9)8-10-12(15)5-4-11(14)13(10)16/h4-5,9,17H,2-3,6-8H2,1H3. The SMILES string of the molecule is CNC1CCCN(Cc2c(F)ccc(Br)c2F)C1. The molecule has 1 aromatic carbocycles. The molecule has 18 heavy (non-hydrogen) atoms. The average molecular weight is 319 g/mol. The second-order valence-electron chi connectivity index (χ2n) is 4.68. The molecule has 2 nitrogen and oxygen atoms in total. The van der Waals surface area contributed by atoms with Crippen LogP contribution in [-0.2, 0) is 6.54 Å². The van der Waals surface area contributed by atoms with Gasteiger partial charge in [0.2, 0.25) is 0 Å². The van der Waals surface area contributed by atoms with Gasteiger partial charge in [0.05, 0.1) is 4.47 Å². The zero-order chi connectivity index (χ0) is 13.1. The van der Waals surface area contributed by atoms with E-state index in [4.69, 9.17) is 0 Å². The minimum atomic E-state index is -0.485. The van der Waals surface area contributed by atoms with Crippen molar-refractivity contribution in [2.75, 3.05) is 20.1 Å². The molecule has 0 aromatic heterocycles. The van der Waals surface area contributed by atoms with Crippen molar-refractivity contribution >= 4 is 15.9 Å². The van der Waals surface area contributed by atoms with Crippen molar-refractivity contribution in [1.82, 2.24) is 10.2 Å². The van der Waals surface area contributed by atoms with Gasteiger partial charge in [0.15, 0.2) is 0 Å². The molecule has 0 aliphatic carbocycles. The van der Waals surface area contributed by atoms with E-state index < -0.39 is 11.6 Å². The molecular formula is C13H17BrF2N2. The zero-order valence-electron chi connectivity index (χ0n) is 10.3. The van der Waals surface area contributed by atoms with Crippen molar-refractivity contribution in [2.45, 2.75) is 25.4 Å². The molecule has 5 heteroatoms. The fraction of sp³-hybridized carbons (Fsp3) is 0.538. The fourth-order valence-corrected chi connectivity index (χ4v) is 2.74. The summed E-state index contributed by atoms with van der Waals surface area (Å²) in [6.07, 6.45) is 2.18. The number of halogens is 3. The minimum Gasteiger partial charge on any atom is -0.316 e. The number of hydrogen-bond donors (Lipinski definition) is 1. The Morgan fingerprint density at radius 3 is 2.94 bits per heavy atom. The Bertz CT molecular complexity index is 426. The van der Waals surface area contributed by atoms with Gasteiger partial charge in [-0.25, -0.2) is 8.78 Å². The van der Waals surface area contributed by atoms with Gasteiger partial charge < -0.3 is 5.32 Å². The predicted molar refractivity (Wildman–Crippen MR) is 71.4 cm³/mol. The molecule has 1 fully saturated rings. The lowest BCUT2D eigenvalue weighted by atomic mass is 10.0. The Labute approximate surface area is 114 Å². The van der Waals surface area contributed by atoms with Crippen LogP contribution in [0.2, 0.25) is 0 Å². The summed E-state index contributed by atoms with van der Waals surface area (Å²) < 4.78 is 27.8. The van der Waals surface area contributed by atoms with Crippen LogP contribution in [0.3, 0.4) is 0 Å². The minimum absolute atomic E-state index is 0.154. The van der Waals surface area contributed by atoms with Crippen molar-refractivity contribution in [3.8, 4) is 0 Å². The van der Waals surface area contributed by atoms with Crippen LogP contribution in [0.1, 0.15) is 18.4 Å². The predicted octanol–water partition coefficient (Wildman–Crippen LogP) is 2.91. The third-order valence-corrected chi connectivity index (χ3v) is 4.05. The van der Waals surface area contributed by atoms with Crippen molar-refractivity contribution < 1.29 is 8.78 Å².